The Morgan fingerprint density at radius 3 is 2.41 bits per heavy atom. The lowest BCUT2D eigenvalue weighted by molar-refractivity contribution is -0.137. The van der Waals surface area contributed by atoms with Crippen molar-refractivity contribution >= 4 is 40.6 Å². The fraction of sp³-hybridized carbons (Fsp3) is 0.273. The van der Waals surface area contributed by atoms with Gasteiger partial charge >= 0.3 is 12.1 Å². The second kappa shape index (κ2) is 9.00. The van der Waals surface area contributed by atoms with Crippen LogP contribution in [0, 0.1) is 17.1 Å². The molecule has 7 nitrogen and oxygen atoms in total. The summed E-state index contributed by atoms with van der Waals surface area (Å²) in [5.41, 5.74) is 1.58. The topological polar surface area (TPSA) is 99.7 Å². The van der Waals surface area contributed by atoms with E-state index in [4.69, 9.17) is 28.0 Å². The molecule has 1 amide bonds. The summed E-state index contributed by atoms with van der Waals surface area (Å²) in [7, 11) is 0. The van der Waals surface area contributed by atoms with Crippen molar-refractivity contribution in [3.63, 3.8) is 0 Å². The summed E-state index contributed by atoms with van der Waals surface area (Å²) in [6.07, 6.45) is -4.84. The van der Waals surface area contributed by atoms with Crippen molar-refractivity contribution in [1.82, 2.24) is 0 Å². The highest BCUT2D eigenvalue weighted by Crippen LogP contribution is 2.39. The van der Waals surface area contributed by atoms with Crippen LogP contribution in [-0.2, 0) is 15.7 Å². The van der Waals surface area contributed by atoms with E-state index in [0.717, 1.165) is 23.1 Å². The first-order valence-corrected chi connectivity index (χ1v) is 10.2. The molecule has 34 heavy (non-hydrogen) atoms. The fourth-order valence-corrected chi connectivity index (χ4v) is 4.02. The summed E-state index contributed by atoms with van der Waals surface area (Å²) < 4.78 is 59.8. The minimum atomic E-state index is -4.84. The van der Waals surface area contributed by atoms with Crippen LogP contribution in [0.25, 0.3) is 0 Å². The van der Waals surface area contributed by atoms with Crippen LogP contribution >= 0.6 is 12.2 Å². The van der Waals surface area contributed by atoms with E-state index in [1.165, 1.54) is 36.9 Å². The van der Waals surface area contributed by atoms with E-state index in [2.05, 4.69) is 0 Å². The normalized spacial score (nSPS) is 15.5. The van der Waals surface area contributed by atoms with Crippen LogP contribution in [0.2, 0.25) is 0 Å². The molecule has 0 unspecified atom stereocenters. The predicted molar refractivity (Wildman–Crippen MR) is 119 cm³/mol. The maximum absolute atomic E-state index is 14.7. The van der Waals surface area contributed by atoms with Crippen LogP contribution in [0.3, 0.4) is 0 Å². The first-order chi connectivity index (χ1) is 15.8. The van der Waals surface area contributed by atoms with Gasteiger partial charge in [0.05, 0.1) is 28.4 Å². The van der Waals surface area contributed by atoms with Gasteiger partial charge in [0.25, 0.3) is 5.91 Å². The van der Waals surface area contributed by atoms with Gasteiger partial charge in [-0.05, 0) is 62.5 Å². The van der Waals surface area contributed by atoms with Gasteiger partial charge in [-0.15, -0.1) is 0 Å². The third kappa shape index (κ3) is 4.32. The maximum atomic E-state index is 14.7. The lowest BCUT2D eigenvalue weighted by Gasteiger charge is -2.29. The monoisotopic (exact) mass is 494 g/mol. The van der Waals surface area contributed by atoms with Gasteiger partial charge in [0.15, 0.2) is 5.11 Å². The number of hydrogen-bond donors (Lipinski definition) is 1. The number of ether oxygens (including phenoxy) is 1. The standard InChI is InChI=1S/C22H18F4N4O3S/c1-21(2)19(32)29(13-4-3-12(11-28)16(9-13)22(24,25)26)20(34)30(21)14-5-6-15(17(23)10-14)18(31)33-8-7-27/h3-6,9-10H,7-8,27H2,1-2H3. The zero-order chi connectivity index (χ0) is 25.4. The Morgan fingerprint density at radius 1 is 1.21 bits per heavy atom. The predicted octanol–water partition coefficient (Wildman–Crippen LogP) is 3.75. The summed E-state index contributed by atoms with van der Waals surface area (Å²) in [5.74, 6) is -2.53. The van der Waals surface area contributed by atoms with Crippen molar-refractivity contribution < 1.29 is 31.9 Å². The van der Waals surface area contributed by atoms with Crippen LogP contribution in [0.15, 0.2) is 36.4 Å². The first-order valence-electron chi connectivity index (χ1n) is 9.81. The second-order valence-corrected chi connectivity index (χ2v) is 8.11. The number of thiocarbonyl (C=S) groups is 1. The number of nitrogens with two attached hydrogens (primary N) is 1. The summed E-state index contributed by atoms with van der Waals surface area (Å²) in [4.78, 5) is 27.3. The number of alkyl halides is 3. The zero-order valence-corrected chi connectivity index (χ0v) is 18.8. The van der Waals surface area contributed by atoms with Crippen LogP contribution in [-0.4, -0.2) is 35.7 Å². The summed E-state index contributed by atoms with van der Waals surface area (Å²) in [6, 6.07) is 7.73. The van der Waals surface area contributed by atoms with Gasteiger partial charge < -0.3 is 15.4 Å². The Labute approximate surface area is 197 Å². The SMILES string of the molecule is CC1(C)C(=O)N(c2ccc(C#N)c(C(F)(F)F)c2)C(=S)N1c1ccc(C(=O)OCCN)c(F)c1. The average molecular weight is 494 g/mol. The Kier molecular flexibility index (Phi) is 6.64. The molecule has 12 heteroatoms. The minimum Gasteiger partial charge on any atom is -0.461 e. The second-order valence-electron chi connectivity index (χ2n) is 7.75. The summed E-state index contributed by atoms with van der Waals surface area (Å²) >= 11 is 5.39. The van der Waals surface area contributed by atoms with Gasteiger partial charge in [-0.1, -0.05) is 0 Å². The van der Waals surface area contributed by atoms with Crippen molar-refractivity contribution in [2.75, 3.05) is 23.0 Å². The molecule has 0 aromatic heterocycles. The molecule has 0 radical (unpaired) electrons. The largest absolute Gasteiger partial charge is 0.461 e. The summed E-state index contributed by atoms with van der Waals surface area (Å²) in [5, 5.41) is 8.81. The number of amides is 1. The number of anilines is 2. The van der Waals surface area contributed by atoms with Gasteiger partial charge in [-0.2, -0.15) is 18.4 Å². The molecule has 2 N–H and O–H groups in total. The number of rotatable bonds is 5. The summed E-state index contributed by atoms with van der Waals surface area (Å²) in [6.45, 7) is 2.90. The third-order valence-electron chi connectivity index (χ3n) is 5.14. The van der Waals surface area contributed by atoms with Crippen molar-refractivity contribution in [2.45, 2.75) is 25.6 Å². The molecule has 0 atom stereocenters. The number of hydrogen-bond acceptors (Lipinski definition) is 6. The van der Waals surface area contributed by atoms with E-state index in [1.54, 1.807) is 0 Å². The number of esters is 1. The lowest BCUT2D eigenvalue weighted by Crippen LogP contribution is -2.44. The van der Waals surface area contributed by atoms with E-state index in [-0.39, 0.29) is 35.2 Å². The van der Waals surface area contributed by atoms with Crippen molar-refractivity contribution in [1.29, 1.82) is 5.26 Å². The van der Waals surface area contributed by atoms with Crippen LogP contribution < -0.4 is 15.5 Å². The van der Waals surface area contributed by atoms with Gasteiger partial charge in [0.2, 0.25) is 0 Å². The van der Waals surface area contributed by atoms with E-state index < -0.39 is 40.5 Å². The molecule has 0 aliphatic carbocycles. The number of benzene rings is 2. The average Bonchev–Trinajstić information content (AvgIpc) is 2.94. The molecule has 3 rings (SSSR count). The molecule has 0 spiro atoms. The van der Waals surface area contributed by atoms with Gasteiger partial charge in [0, 0.05) is 12.2 Å². The molecule has 2 aromatic rings. The highest BCUT2D eigenvalue weighted by Gasteiger charge is 2.51. The van der Waals surface area contributed by atoms with E-state index in [1.807, 2.05) is 0 Å². The third-order valence-corrected chi connectivity index (χ3v) is 5.50. The number of carbonyl (C=O) groups is 2. The van der Waals surface area contributed by atoms with Crippen molar-refractivity contribution in [2.24, 2.45) is 5.73 Å². The molecular weight excluding hydrogens is 476 g/mol. The van der Waals surface area contributed by atoms with Gasteiger partial charge in [-0.3, -0.25) is 9.69 Å². The van der Waals surface area contributed by atoms with Crippen molar-refractivity contribution in [3.05, 3.63) is 58.9 Å². The molecule has 1 heterocycles. The number of halogens is 4. The Morgan fingerprint density at radius 2 is 1.85 bits per heavy atom. The minimum absolute atomic E-state index is 0.0605. The molecule has 0 saturated carbocycles. The molecule has 1 aliphatic rings. The highest BCUT2D eigenvalue weighted by atomic mass is 32.1. The molecule has 0 bridgehead atoms. The number of nitrogens with zero attached hydrogens (tertiary/aromatic N) is 3. The Balaban J connectivity index is 2.03. The smallest absolute Gasteiger partial charge is 0.417 e. The van der Waals surface area contributed by atoms with Crippen LogP contribution in [0.1, 0.15) is 35.3 Å². The Hall–Kier alpha value is -3.56. The van der Waals surface area contributed by atoms with Crippen LogP contribution in [0.4, 0.5) is 28.9 Å². The highest BCUT2D eigenvalue weighted by molar-refractivity contribution is 7.81. The number of nitriles is 1. The van der Waals surface area contributed by atoms with Crippen molar-refractivity contribution in [3.8, 4) is 6.07 Å². The van der Waals surface area contributed by atoms with Gasteiger partial charge in [-0.25, -0.2) is 9.18 Å². The van der Waals surface area contributed by atoms with Crippen LogP contribution in [0.5, 0.6) is 0 Å². The Bertz CT molecular complexity index is 1220. The molecular formula is C22H18F4N4O3S. The zero-order valence-electron chi connectivity index (χ0n) is 17.9. The van der Waals surface area contributed by atoms with E-state index in [9.17, 15) is 27.2 Å². The first kappa shape index (κ1) is 25.1. The molecule has 1 aliphatic heterocycles. The van der Waals surface area contributed by atoms with Gasteiger partial charge in [0.1, 0.15) is 18.0 Å². The maximum Gasteiger partial charge on any atom is 0.417 e. The quantitative estimate of drug-likeness (QED) is 0.384. The molecule has 1 saturated heterocycles. The molecule has 178 valence electrons. The van der Waals surface area contributed by atoms with E-state index >= 15 is 0 Å². The van der Waals surface area contributed by atoms with E-state index in [0.29, 0.717) is 6.07 Å². The molecule has 1 fully saturated rings. The number of carbonyl (C=O) groups excluding carboxylic acids is 2. The molecule has 2 aromatic carbocycles. The fourth-order valence-electron chi connectivity index (χ4n) is 3.50. The lowest BCUT2D eigenvalue weighted by atomic mass is 10.0.